The molecule has 19 heavy (non-hydrogen) atoms. The maximum atomic E-state index is 5.43. The second-order valence-corrected chi connectivity index (χ2v) is 6.33. The second-order valence-electron chi connectivity index (χ2n) is 6.33. The molecule has 3 nitrogen and oxygen atoms in total. The third kappa shape index (κ3) is 2.71. The first-order valence-corrected chi connectivity index (χ1v) is 6.90. The zero-order valence-electron chi connectivity index (χ0n) is 12.8. The van der Waals surface area contributed by atoms with E-state index >= 15 is 0 Å². The fourth-order valence-corrected chi connectivity index (χ4v) is 2.93. The average molecular weight is 263 g/mol. The fourth-order valence-electron chi connectivity index (χ4n) is 2.93. The van der Waals surface area contributed by atoms with E-state index in [0.717, 1.165) is 17.9 Å². The molecular formula is C16H25NO2. The highest BCUT2D eigenvalue weighted by Crippen LogP contribution is 2.40. The van der Waals surface area contributed by atoms with Gasteiger partial charge in [-0.15, -0.1) is 0 Å². The summed E-state index contributed by atoms with van der Waals surface area (Å²) in [5, 5.41) is 3.74. The van der Waals surface area contributed by atoms with Gasteiger partial charge in [0.25, 0.3) is 0 Å². The molecule has 0 saturated carbocycles. The predicted molar refractivity (Wildman–Crippen MR) is 78.0 cm³/mol. The molecule has 3 heteroatoms. The standard InChI is InChI=1S/C16H25NO2/c1-10(2)15-12-8-14(19-6)13(18-5)7-11(12)9-16(3,4)17-15/h7-8,10,15,17H,9H2,1-6H3/t15-/m0/s1. The largest absolute Gasteiger partial charge is 0.493 e. The molecule has 1 heterocycles. The quantitative estimate of drug-likeness (QED) is 0.907. The summed E-state index contributed by atoms with van der Waals surface area (Å²) in [6.07, 6.45) is 1.01. The zero-order chi connectivity index (χ0) is 14.2. The van der Waals surface area contributed by atoms with Crippen LogP contribution in [0.2, 0.25) is 0 Å². The number of fused-ring (bicyclic) bond motifs is 1. The van der Waals surface area contributed by atoms with E-state index in [9.17, 15) is 0 Å². The number of hydrogen-bond donors (Lipinski definition) is 1. The molecule has 1 aromatic carbocycles. The van der Waals surface area contributed by atoms with Gasteiger partial charge in [0.2, 0.25) is 0 Å². The van der Waals surface area contributed by atoms with Gasteiger partial charge in [-0.3, -0.25) is 0 Å². The maximum absolute atomic E-state index is 5.43. The van der Waals surface area contributed by atoms with Crippen LogP contribution < -0.4 is 14.8 Å². The SMILES string of the molecule is COc1cc2c(cc1OC)[C@H](C(C)C)NC(C)(C)C2. The Morgan fingerprint density at radius 2 is 1.74 bits per heavy atom. The normalized spacial score (nSPS) is 21.1. The maximum Gasteiger partial charge on any atom is 0.161 e. The van der Waals surface area contributed by atoms with Gasteiger partial charge in [0, 0.05) is 11.6 Å². The Morgan fingerprint density at radius 1 is 1.16 bits per heavy atom. The van der Waals surface area contributed by atoms with E-state index in [1.165, 1.54) is 11.1 Å². The molecule has 0 fully saturated rings. The van der Waals surface area contributed by atoms with Crippen LogP contribution in [-0.4, -0.2) is 19.8 Å². The molecule has 0 aromatic heterocycles. The van der Waals surface area contributed by atoms with Gasteiger partial charge in [-0.1, -0.05) is 13.8 Å². The minimum absolute atomic E-state index is 0.113. The van der Waals surface area contributed by atoms with Gasteiger partial charge in [-0.25, -0.2) is 0 Å². The number of benzene rings is 1. The van der Waals surface area contributed by atoms with Crippen LogP contribution in [0.3, 0.4) is 0 Å². The number of nitrogens with one attached hydrogen (secondary N) is 1. The molecule has 2 rings (SSSR count). The summed E-state index contributed by atoms with van der Waals surface area (Å²) in [7, 11) is 3.38. The average Bonchev–Trinajstić information content (AvgIpc) is 2.35. The molecule has 0 radical (unpaired) electrons. The van der Waals surface area contributed by atoms with E-state index in [2.05, 4.69) is 45.1 Å². The monoisotopic (exact) mass is 263 g/mol. The molecule has 1 aliphatic rings. The molecular weight excluding hydrogens is 238 g/mol. The van der Waals surface area contributed by atoms with Crippen LogP contribution in [-0.2, 0) is 6.42 Å². The lowest BCUT2D eigenvalue weighted by atomic mass is 9.80. The molecule has 0 unspecified atom stereocenters. The van der Waals surface area contributed by atoms with Crippen molar-refractivity contribution in [1.82, 2.24) is 5.32 Å². The van der Waals surface area contributed by atoms with E-state index in [1.807, 2.05) is 0 Å². The Morgan fingerprint density at radius 3 is 2.26 bits per heavy atom. The first-order chi connectivity index (χ1) is 8.88. The van der Waals surface area contributed by atoms with Crippen LogP contribution in [0.4, 0.5) is 0 Å². The molecule has 0 aliphatic carbocycles. The fraction of sp³-hybridized carbons (Fsp3) is 0.625. The minimum Gasteiger partial charge on any atom is -0.493 e. The lowest BCUT2D eigenvalue weighted by Gasteiger charge is -2.41. The highest BCUT2D eigenvalue weighted by molar-refractivity contribution is 5.50. The third-order valence-corrected chi connectivity index (χ3v) is 3.83. The molecule has 0 saturated heterocycles. The van der Waals surface area contributed by atoms with Gasteiger partial charge in [0.15, 0.2) is 11.5 Å². The van der Waals surface area contributed by atoms with Crippen molar-refractivity contribution in [2.75, 3.05) is 14.2 Å². The lowest BCUT2D eigenvalue weighted by molar-refractivity contribution is 0.263. The van der Waals surface area contributed by atoms with Crippen molar-refractivity contribution in [3.63, 3.8) is 0 Å². The van der Waals surface area contributed by atoms with Crippen molar-refractivity contribution < 1.29 is 9.47 Å². The molecule has 1 atom stereocenters. The minimum atomic E-state index is 0.113. The van der Waals surface area contributed by atoms with Crippen molar-refractivity contribution in [2.24, 2.45) is 5.92 Å². The summed E-state index contributed by atoms with van der Waals surface area (Å²) in [5.41, 5.74) is 2.81. The molecule has 106 valence electrons. The predicted octanol–water partition coefficient (Wildman–Crippen LogP) is 3.33. The van der Waals surface area contributed by atoms with Crippen LogP contribution in [0, 0.1) is 5.92 Å². The van der Waals surface area contributed by atoms with E-state index in [1.54, 1.807) is 14.2 Å². The number of ether oxygens (including phenoxy) is 2. The smallest absolute Gasteiger partial charge is 0.161 e. The topological polar surface area (TPSA) is 30.5 Å². The van der Waals surface area contributed by atoms with Crippen molar-refractivity contribution in [1.29, 1.82) is 0 Å². The van der Waals surface area contributed by atoms with Crippen LogP contribution in [0.1, 0.15) is 44.9 Å². The molecule has 0 bridgehead atoms. The van der Waals surface area contributed by atoms with Gasteiger partial charge in [0.05, 0.1) is 14.2 Å². The number of hydrogen-bond acceptors (Lipinski definition) is 3. The Bertz CT molecular complexity index is 466. The lowest BCUT2D eigenvalue weighted by Crippen LogP contribution is -2.48. The Kier molecular flexibility index (Phi) is 3.77. The van der Waals surface area contributed by atoms with Gasteiger partial charge < -0.3 is 14.8 Å². The summed E-state index contributed by atoms with van der Waals surface area (Å²) < 4.78 is 10.9. The molecule has 0 spiro atoms. The number of rotatable bonds is 3. The molecule has 1 N–H and O–H groups in total. The van der Waals surface area contributed by atoms with Gasteiger partial charge in [0.1, 0.15) is 0 Å². The molecule has 0 amide bonds. The van der Waals surface area contributed by atoms with Gasteiger partial charge in [-0.05, 0) is 49.4 Å². The highest BCUT2D eigenvalue weighted by Gasteiger charge is 2.33. The van der Waals surface area contributed by atoms with Crippen molar-refractivity contribution >= 4 is 0 Å². The summed E-state index contributed by atoms with van der Waals surface area (Å²) in [6.45, 7) is 9.00. The first kappa shape index (κ1) is 14.2. The Labute approximate surface area is 116 Å². The van der Waals surface area contributed by atoms with Crippen LogP contribution >= 0.6 is 0 Å². The third-order valence-electron chi connectivity index (χ3n) is 3.83. The second kappa shape index (κ2) is 5.04. The summed E-state index contributed by atoms with van der Waals surface area (Å²) in [6, 6.07) is 4.62. The van der Waals surface area contributed by atoms with Gasteiger partial charge >= 0.3 is 0 Å². The molecule has 1 aliphatic heterocycles. The summed E-state index contributed by atoms with van der Waals surface area (Å²) in [4.78, 5) is 0. The van der Waals surface area contributed by atoms with Crippen LogP contribution in [0.5, 0.6) is 11.5 Å². The summed E-state index contributed by atoms with van der Waals surface area (Å²) >= 11 is 0. The first-order valence-electron chi connectivity index (χ1n) is 6.90. The van der Waals surface area contributed by atoms with E-state index in [0.29, 0.717) is 12.0 Å². The van der Waals surface area contributed by atoms with Crippen molar-refractivity contribution in [3.8, 4) is 11.5 Å². The van der Waals surface area contributed by atoms with Crippen LogP contribution in [0.15, 0.2) is 12.1 Å². The van der Waals surface area contributed by atoms with E-state index < -0.39 is 0 Å². The van der Waals surface area contributed by atoms with Crippen LogP contribution in [0.25, 0.3) is 0 Å². The Hall–Kier alpha value is -1.22. The summed E-state index contributed by atoms with van der Waals surface area (Å²) in [5.74, 6) is 2.17. The number of methoxy groups -OCH3 is 2. The Balaban J connectivity index is 2.54. The van der Waals surface area contributed by atoms with Crippen molar-refractivity contribution in [3.05, 3.63) is 23.3 Å². The molecule has 1 aromatic rings. The van der Waals surface area contributed by atoms with E-state index in [4.69, 9.17) is 9.47 Å². The zero-order valence-corrected chi connectivity index (χ0v) is 12.8. The van der Waals surface area contributed by atoms with Gasteiger partial charge in [-0.2, -0.15) is 0 Å². The van der Waals surface area contributed by atoms with E-state index in [-0.39, 0.29) is 5.54 Å². The highest BCUT2D eigenvalue weighted by atomic mass is 16.5. The van der Waals surface area contributed by atoms with Crippen molar-refractivity contribution in [2.45, 2.75) is 45.7 Å².